The van der Waals surface area contributed by atoms with Crippen molar-refractivity contribution in [2.75, 3.05) is 20.2 Å². The van der Waals surface area contributed by atoms with Crippen molar-refractivity contribution in [2.45, 2.75) is 69.2 Å². The molecule has 3 amide bonds. The van der Waals surface area contributed by atoms with Crippen molar-refractivity contribution in [3.8, 4) is 11.5 Å². The van der Waals surface area contributed by atoms with Crippen molar-refractivity contribution in [3.63, 3.8) is 0 Å². The summed E-state index contributed by atoms with van der Waals surface area (Å²) in [5, 5.41) is 2.36. The summed E-state index contributed by atoms with van der Waals surface area (Å²) in [7, 11) is 1.73. The van der Waals surface area contributed by atoms with Gasteiger partial charge in [-0.05, 0) is 61.1 Å². The molecule has 0 aromatic heterocycles. The van der Waals surface area contributed by atoms with E-state index in [1.165, 1.54) is 12.0 Å². The number of rotatable bonds is 6. The number of likely N-dealkylation sites (tertiary alicyclic amines) is 1. The Kier molecular flexibility index (Phi) is 6.36. The van der Waals surface area contributed by atoms with E-state index in [1.807, 2.05) is 30.3 Å². The van der Waals surface area contributed by atoms with Crippen LogP contribution in [0.3, 0.4) is 0 Å². The fourth-order valence-electron chi connectivity index (χ4n) is 6.42. The lowest BCUT2D eigenvalue weighted by atomic mass is 9.84. The average molecular weight is 504 g/mol. The van der Waals surface area contributed by atoms with E-state index in [0.29, 0.717) is 30.5 Å². The number of fused-ring (bicyclic) bond motifs is 1. The van der Waals surface area contributed by atoms with Gasteiger partial charge in [0.15, 0.2) is 0 Å². The van der Waals surface area contributed by atoms with E-state index in [2.05, 4.69) is 22.3 Å². The maximum atomic E-state index is 13.0. The van der Waals surface area contributed by atoms with Crippen LogP contribution < -0.4 is 14.8 Å². The number of hydrogen-bond acceptors (Lipinski definition) is 6. The second kappa shape index (κ2) is 9.82. The summed E-state index contributed by atoms with van der Waals surface area (Å²) in [6, 6.07) is 13.7. The minimum Gasteiger partial charge on any atom is -0.496 e. The number of para-hydroxylation sites is 1. The molecular formula is C29H33N3O5. The normalized spacial score (nSPS) is 26.5. The largest absolute Gasteiger partial charge is 0.496 e. The van der Waals surface area contributed by atoms with Gasteiger partial charge >= 0.3 is 0 Å². The molecule has 8 heteroatoms. The number of piperidine rings is 1. The molecule has 1 aliphatic carbocycles. The lowest BCUT2D eigenvalue weighted by molar-refractivity contribution is -0.136. The fourth-order valence-corrected chi connectivity index (χ4v) is 6.42. The zero-order chi connectivity index (χ0) is 25.5. The molecule has 1 unspecified atom stereocenters. The zero-order valence-electron chi connectivity index (χ0n) is 21.2. The molecular weight excluding hydrogens is 470 g/mol. The zero-order valence-corrected chi connectivity index (χ0v) is 21.2. The van der Waals surface area contributed by atoms with Crippen molar-refractivity contribution < 1.29 is 23.9 Å². The summed E-state index contributed by atoms with van der Waals surface area (Å²) < 4.78 is 12.1. The third kappa shape index (κ3) is 4.48. The Balaban J connectivity index is 1.12. The highest BCUT2D eigenvalue weighted by atomic mass is 16.5. The van der Waals surface area contributed by atoms with Crippen LogP contribution in [0.15, 0.2) is 42.5 Å². The first kappa shape index (κ1) is 24.0. The number of carbonyl (C=O) groups excluding carboxylic acids is 3. The number of carbonyl (C=O) groups is 3. The third-order valence-corrected chi connectivity index (χ3v) is 8.41. The Morgan fingerprint density at radius 2 is 1.78 bits per heavy atom. The molecule has 3 aliphatic heterocycles. The molecule has 0 bridgehead atoms. The Bertz CT molecular complexity index is 1220. The number of nitrogens with zero attached hydrogens (tertiary/aromatic N) is 2. The van der Waals surface area contributed by atoms with E-state index in [1.54, 1.807) is 12.0 Å². The first-order chi connectivity index (χ1) is 18.0. The number of methoxy groups -OCH3 is 1. The minimum atomic E-state index is -0.604. The molecule has 4 aliphatic rings. The first-order valence-electron chi connectivity index (χ1n) is 13.3. The molecule has 1 saturated carbocycles. The monoisotopic (exact) mass is 503 g/mol. The van der Waals surface area contributed by atoms with Crippen molar-refractivity contribution in [3.05, 3.63) is 59.2 Å². The summed E-state index contributed by atoms with van der Waals surface area (Å²) in [6.45, 7) is 2.37. The molecule has 0 spiro atoms. The van der Waals surface area contributed by atoms with Crippen molar-refractivity contribution >= 4 is 17.7 Å². The van der Waals surface area contributed by atoms with Gasteiger partial charge < -0.3 is 14.4 Å². The molecule has 6 rings (SSSR count). The van der Waals surface area contributed by atoms with Crippen LogP contribution in [0.25, 0.3) is 0 Å². The number of hydrogen-bond donors (Lipinski definition) is 1. The van der Waals surface area contributed by atoms with Gasteiger partial charge in [0.2, 0.25) is 11.8 Å². The van der Waals surface area contributed by atoms with Crippen LogP contribution in [0.4, 0.5) is 0 Å². The van der Waals surface area contributed by atoms with E-state index in [-0.39, 0.29) is 30.2 Å². The van der Waals surface area contributed by atoms with Gasteiger partial charge in [-0.3, -0.25) is 24.6 Å². The SMILES string of the molecule is COc1ccccc1C1CN([C@@H]2CCCC[C@H]2Oc2ccc3c(c2)CN(C2CCC(=O)NC2=O)C3=O)C1. The Morgan fingerprint density at radius 1 is 0.973 bits per heavy atom. The molecule has 1 N–H and O–H groups in total. The minimum absolute atomic E-state index is 0.105. The van der Waals surface area contributed by atoms with Gasteiger partial charge in [-0.25, -0.2) is 0 Å². The van der Waals surface area contributed by atoms with Gasteiger partial charge in [-0.15, -0.1) is 0 Å². The highest BCUT2D eigenvalue weighted by Crippen LogP contribution is 2.39. The lowest BCUT2D eigenvalue weighted by Crippen LogP contribution is -2.57. The molecule has 194 valence electrons. The first-order valence-corrected chi connectivity index (χ1v) is 13.3. The molecule has 2 saturated heterocycles. The van der Waals surface area contributed by atoms with Crippen LogP contribution in [-0.2, 0) is 16.1 Å². The van der Waals surface area contributed by atoms with Crippen LogP contribution in [0.2, 0.25) is 0 Å². The maximum absolute atomic E-state index is 13.0. The van der Waals surface area contributed by atoms with E-state index in [9.17, 15) is 14.4 Å². The predicted octanol–water partition coefficient (Wildman–Crippen LogP) is 3.25. The number of ether oxygens (including phenoxy) is 2. The molecule has 0 radical (unpaired) electrons. The highest BCUT2D eigenvalue weighted by molar-refractivity contribution is 6.05. The predicted molar refractivity (Wildman–Crippen MR) is 136 cm³/mol. The van der Waals surface area contributed by atoms with Crippen LogP contribution >= 0.6 is 0 Å². The summed E-state index contributed by atoms with van der Waals surface area (Å²) in [6.07, 6.45) is 5.21. The van der Waals surface area contributed by atoms with E-state index < -0.39 is 6.04 Å². The number of nitrogens with one attached hydrogen (secondary N) is 1. The van der Waals surface area contributed by atoms with Gasteiger partial charge in [0.05, 0.1) is 7.11 Å². The summed E-state index contributed by atoms with van der Waals surface area (Å²) in [5.41, 5.74) is 2.76. The number of benzene rings is 2. The van der Waals surface area contributed by atoms with Gasteiger partial charge in [-0.2, -0.15) is 0 Å². The van der Waals surface area contributed by atoms with Crippen LogP contribution in [0.1, 0.15) is 65.9 Å². The topological polar surface area (TPSA) is 88.2 Å². The molecule has 2 aromatic rings. The Hall–Kier alpha value is -3.39. The van der Waals surface area contributed by atoms with Gasteiger partial charge in [-0.1, -0.05) is 24.6 Å². The van der Waals surface area contributed by atoms with Crippen LogP contribution in [0, 0.1) is 0 Å². The smallest absolute Gasteiger partial charge is 0.255 e. The van der Waals surface area contributed by atoms with Crippen molar-refractivity contribution in [1.29, 1.82) is 0 Å². The van der Waals surface area contributed by atoms with E-state index in [4.69, 9.17) is 9.47 Å². The quantitative estimate of drug-likeness (QED) is 0.609. The molecule has 3 atom stereocenters. The molecule has 3 heterocycles. The number of imide groups is 1. The highest BCUT2D eigenvalue weighted by Gasteiger charge is 2.41. The fraction of sp³-hybridized carbons (Fsp3) is 0.483. The molecule has 37 heavy (non-hydrogen) atoms. The van der Waals surface area contributed by atoms with Crippen LogP contribution in [0.5, 0.6) is 11.5 Å². The van der Waals surface area contributed by atoms with Gasteiger partial charge in [0, 0.05) is 43.6 Å². The Morgan fingerprint density at radius 3 is 2.59 bits per heavy atom. The van der Waals surface area contributed by atoms with Crippen LogP contribution in [-0.4, -0.2) is 65.9 Å². The second-order valence-corrected chi connectivity index (χ2v) is 10.6. The number of amides is 3. The maximum Gasteiger partial charge on any atom is 0.255 e. The molecule has 2 aromatic carbocycles. The van der Waals surface area contributed by atoms with Crippen molar-refractivity contribution in [1.82, 2.24) is 15.1 Å². The lowest BCUT2D eigenvalue weighted by Gasteiger charge is -2.48. The second-order valence-electron chi connectivity index (χ2n) is 10.6. The summed E-state index contributed by atoms with van der Waals surface area (Å²) in [5.74, 6) is 1.38. The van der Waals surface area contributed by atoms with Gasteiger partial charge in [0.1, 0.15) is 23.6 Å². The molecule has 8 nitrogen and oxygen atoms in total. The summed E-state index contributed by atoms with van der Waals surface area (Å²) in [4.78, 5) is 41.0. The standard InChI is InChI=1S/C29H33N3O5/c1-36-25-8-4-2-6-21(25)19-15-31(16-19)23-7-3-5-9-26(23)37-20-10-11-22-18(14-20)17-32(29(22)35)24-12-13-27(33)30-28(24)34/h2,4,6,8,10-11,14,19,23-24,26H,3,5,7,9,12-13,15-17H2,1H3,(H,30,33,34)/t23-,24?,26-/m1/s1. The summed E-state index contributed by atoms with van der Waals surface area (Å²) >= 11 is 0. The van der Waals surface area contributed by atoms with E-state index >= 15 is 0 Å². The van der Waals surface area contributed by atoms with E-state index in [0.717, 1.165) is 49.4 Å². The van der Waals surface area contributed by atoms with Crippen molar-refractivity contribution in [2.24, 2.45) is 0 Å². The third-order valence-electron chi connectivity index (χ3n) is 8.41. The van der Waals surface area contributed by atoms with Gasteiger partial charge in [0.25, 0.3) is 5.91 Å². The molecule has 3 fully saturated rings. The average Bonchev–Trinajstić information content (AvgIpc) is 3.20. The Labute approximate surface area is 216 Å².